The summed E-state index contributed by atoms with van der Waals surface area (Å²) in [5, 5.41) is 12.9. The summed E-state index contributed by atoms with van der Waals surface area (Å²) < 4.78 is 2.06. The highest BCUT2D eigenvalue weighted by molar-refractivity contribution is 7.98. The predicted octanol–water partition coefficient (Wildman–Crippen LogP) is 5.60. The van der Waals surface area contributed by atoms with Crippen molar-refractivity contribution >= 4 is 17.7 Å². The fraction of sp³-hybridized carbons (Fsp3) is 0.250. The van der Waals surface area contributed by atoms with Crippen LogP contribution in [0.2, 0.25) is 0 Å². The van der Waals surface area contributed by atoms with Crippen molar-refractivity contribution in [3.8, 4) is 5.69 Å². The van der Waals surface area contributed by atoms with Crippen LogP contribution in [0.25, 0.3) is 5.69 Å². The van der Waals surface area contributed by atoms with E-state index >= 15 is 0 Å². The molecule has 6 heteroatoms. The molecule has 0 spiro atoms. The molecule has 0 aliphatic heterocycles. The van der Waals surface area contributed by atoms with Gasteiger partial charge in [-0.3, -0.25) is 9.36 Å². The summed E-state index contributed by atoms with van der Waals surface area (Å²) in [7, 11) is 0. The largest absolute Gasteiger partial charge is 0.349 e. The minimum absolute atomic E-state index is 0.0355. The molecule has 1 fully saturated rings. The van der Waals surface area contributed by atoms with Gasteiger partial charge < -0.3 is 5.32 Å². The first-order valence-corrected chi connectivity index (χ1v) is 12.6. The first-order valence-electron chi connectivity index (χ1n) is 11.6. The third kappa shape index (κ3) is 5.07. The van der Waals surface area contributed by atoms with Crippen LogP contribution in [0, 0.1) is 19.8 Å². The van der Waals surface area contributed by atoms with Gasteiger partial charge >= 0.3 is 0 Å². The number of aromatic nitrogens is 3. The number of thioether (sulfide) groups is 1. The van der Waals surface area contributed by atoms with Crippen molar-refractivity contribution in [2.75, 3.05) is 0 Å². The topological polar surface area (TPSA) is 59.8 Å². The number of aryl methyl sites for hydroxylation is 2. The van der Waals surface area contributed by atoms with Crippen LogP contribution in [-0.2, 0) is 17.1 Å². The van der Waals surface area contributed by atoms with Gasteiger partial charge in [-0.05, 0) is 49.4 Å². The maximum Gasteiger partial charge on any atom is 0.224 e. The molecule has 1 saturated carbocycles. The predicted molar refractivity (Wildman–Crippen MR) is 136 cm³/mol. The highest BCUT2D eigenvalue weighted by Crippen LogP contribution is 2.47. The van der Waals surface area contributed by atoms with E-state index in [1.54, 1.807) is 11.8 Å². The van der Waals surface area contributed by atoms with Crippen molar-refractivity contribution in [2.24, 2.45) is 5.92 Å². The third-order valence-corrected chi connectivity index (χ3v) is 7.22. The van der Waals surface area contributed by atoms with E-state index < -0.39 is 0 Å². The summed E-state index contributed by atoms with van der Waals surface area (Å²) in [6.45, 7) is 4.53. The molecule has 5 rings (SSSR count). The molecule has 2 unspecified atom stereocenters. The second kappa shape index (κ2) is 9.85. The molecular weight excluding hydrogens is 440 g/mol. The molecule has 0 saturated heterocycles. The van der Waals surface area contributed by atoms with Gasteiger partial charge in [0.25, 0.3) is 0 Å². The van der Waals surface area contributed by atoms with Crippen LogP contribution in [0.1, 0.15) is 40.4 Å². The zero-order valence-corrected chi connectivity index (χ0v) is 20.3. The molecule has 1 aliphatic rings. The van der Waals surface area contributed by atoms with Gasteiger partial charge in [0.15, 0.2) is 11.0 Å². The standard InChI is InChI=1S/C28H28N4OS/c1-19-11-13-23(14-12-19)32-26(30-31-28(32)34-18-21-8-6-7-20(2)15-21)17-29-27(33)25-16-24(25)22-9-4-3-5-10-22/h3-15,24-25H,16-18H2,1-2H3,(H,29,33). The summed E-state index contributed by atoms with van der Waals surface area (Å²) in [6.07, 6.45) is 0.901. The Morgan fingerprint density at radius 3 is 2.53 bits per heavy atom. The molecule has 1 aromatic heterocycles. The van der Waals surface area contributed by atoms with Crippen LogP contribution in [0.15, 0.2) is 84.0 Å². The van der Waals surface area contributed by atoms with Crippen molar-refractivity contribution in [3.63, 3.8) is 0 Å². The van der Waals surface area contributed by atoms with E-state index in [0.717, 1.165) is 28.8 Å². The number of carbonyl (C=O) groups excluding carboxylic acids is 1. The number of nitrogens with one attached hydrogen (secondary N) is 1. The van der Waals surface area contributed by atoms with Crippen molar-refractivity contribution in [2.45, 2.75) is 43.6 Å². The van der Waals surface area contributed by atoms with Gasteiger partial charge in [0, 0.05) is 17.4 Å². The van der Waals surface area contributed by atoms with E-state index in [0.29, 0.717) is 12.5 Å². The maximum absolute atomic E-state index is 12.8. The summed E-state index contributed by atoms with van der Waals surface area (Å²) in [5.41, 5.74) is 5.93. The third-order valence-electron chi connectivity index (χ3n) is 6.22. The van der Waals surface area contributed by atoms with Gasteiger partial charge in [0.1, 0.15) is 0 Å². The number of nitrogens with zero attached hydrogens (tertiary/aromatic N) is 3. The smallest absolute Gasteiger partial charge is 0.224 e. The fourth-order valence-electron chi connectivity index (χ4n) is 4.26. The quantitative estimate of drug-likeness (QED) is 0.342. The van der Waals surface area contributed by atoms with Gasteiger partial charge in [-0.1, -0.05) is 89.6 Å². The average molecular weight is 469 g/mol. The normalized spacial score (nSPS) is 16.9. The molecule has 1 N–H and O–H groups in total. The van der Waals surface area contributed by atoms with E-state index in [9.17, 15) is 4.79 Å². The van der Waals surface area contributed by atoms with Crippen LogP contribution in [-0.4, -0.2) is 20.7 Å². The molecule has 1 aliphatic carbocycles. The van der Waals surface area contributed by atoms with E-state index in [2.05, 4.69) is 94.6 Å². The van der Waals surface area contributed by atoms with E-state index in [1.165, 1.54) is 22.3 Å². The zero-order chi connectivity index (χ0) is 23.5. The molecule has 5 nitrogen and oxygen atoms in total. The van der Waals surface area contributed by atoms with Crippen LogP contribution in [0.5, 0.6) is 0 Å². The second-order valence-electron chi connectivity index (χ2n) is 8.92. The minimum Gasteiger partial charge on any atom is -0.349 e. The van der Waals surface area contributed by atoms with E-state index in [4.69, 9.17) is 0 Å². The Morgan fingerprint density at radius 2 is 1.76 bits per heavy atom. The Morgan fingerprint density at radius 1 is 0.971 bits per heavy atom. The molecule has 1 heterocycles. The van der Waals surface area contributed by atoms with Crippen LogP contribution < -0.4 is 5.32 Å². The summed E-state index contributed by atoms with van der Waals surface area (Å²) >= 11 is 1.66. The molecular formula is C28H28N4OS. The van der Waals surface area contributed by atoms with Crippen LogP contribution >= 0.6 is 11.8 Å². The second-order valence-corrected chi connectivity index (χ2v) is 9.87. The number of benzene rings is 3. The number of hydrogen-bond acceptors (Lipinski definition) is 4. The number of rotatable bonds is 8. The maximum atomic E-state index is 12.8. The number of hydrogen-bond donors (Lipinski definition) is 1. The molecule has 1 amide bonds. The van der Waals surface area contributed by atoms with Gasteiger partial charge in [-0.15, -0.1) is 10.2 Å². The Labute approximate surface area is 204 Å². The van der Waals surface area contributed by atoms with Gasteiger partial charge in [0.05, 0.1) is 6.54 Å². The molecule has 3 aromatic carbocycles. The van der Waals surface area contributed by atoms with Crippen molar-refractivity contribution in [1.82, 2.24) is 20.1 Å². The Hall–Kier alpha value is -3.38. The molecule has 2 atom stereocenters. The lowest BCUT2D eigenvalue weighted by molar-refractivity contribution is -0.122. The Kier molecular flexibility index (Phi) is 6.50. The summed E-state index contributed by atoms with van der Waals surface area (Å²) in [6, 6.07) is 27.1. The number of carbonyl (C=O) groups is 1. The van der Waals surface area contributed by atoms with Gasteiger partial charge in [-0.2, -0.15) is 0 Å². The molecule has 4 aromatic rings. The number of amides is 1. The summed E-state index contributed by atoms with van der Waals surface area (Å²) in [5.74, 6) is 1.98. The lowest BCUT2D eigenvalue weighted by Gasteiger charge is -2.12. The highest BCUT2D eigenvalue weighted by atomic mass is 32.2. The first kappa shape index (κ1) is 22.4. The van der Waals surface area contributed by atoms with Crippen LogP contribution in [0.3, 0.4) is 0 Å². The Bertz CT molecular complexity index is 1280. The van der Waals surface area contributed by atoms with E-state index in [-0.39, 0.29) is 11.8 Å². The van der Waals surface area contributed by atoms with Crippen molar-refractivity contribution < 1.29 is 4.79 Å². The molecule has 0 bridgehead atoms. The molecule has 34 heavy (non-hydrogen) atoms. The first-order chi connectivity index (χ1) is 16.6. The molecule has 0 radical (unpaired) electrons. The average Bonchev–Trinajstić information content (AvgIpc) is 3.56. The van der Waals surface area contributed by atoms with Crippen molar-refractivity contribution in [3.05, 3.63) is 107 Å². The van der Waals surface area contributed by atoms with Crippen LogP contribution in [0.4, 0.5) is 0 Å². The molecule has 172 valence electrons. The lowest BCUT2D eigenvalue weighted by Crippen LogP contribution is -2.26. The van der Waals surface area contributed by atoms with Crippen molar-refractivity contribution in [1.29, 1.82) is 0 Å². The summed E-state index contributed by atoms with van der Waals surface area (Å²) in [4.78, 5) is 12.8. The fourth-order valence-corrected chi connectivity index (χ4v) is 5.18. The van der Waals surface area contributed by atoms with E-state index in [1.807, 2.05) is 18.2 Å². The lowest BCUT2D eigenvalue weighted by atomic mass is 10.1. The monoisotopic (exact) mass is 468 g/mol. The zero-order valence-electron chi connectivity index (χ0n) is 19.4. The SMILES string of the molecule is Cc1ccc(-n2c(CNC(=O)C3CC3c3ccccc3)nnc2SCc2cccc(C)c2)cc1. The Balaban J connectivity index is 1.31. The minimum atomic E-state index is 0.0355. The van der Waals surface area contributed by atoms with Gasteiger partial charge in [-0.25, -0.2) is 0 Å². The highest BCUT2D eigenvalue weighted by Gasteiger charge is 2.43. The van der Waals surface area contributed by atoms with Gasteiger partial charge in [0.2, 0.25) is 5.91 Å².